The second-order valence-corrected chi connectivity index (χ2v) is 6.43. The number of aldehydes is 1. The van der Waals surface area contributed by atoms with Crippen LogP contribution in [0.3, 0.4) is 0 Å². The fourth-order valence-electron chi connectivity index (χ4n) is 2.90. The topological polar surface area (TPSA) is 84.9 Å². The molecule has 1 aliphatic heterocycles. The molecule has 1 fully saturated rings. The second-order valence-electron chi connectivity index (χ2n) is 6.43. The van der Waals surface area contributed by atoms with E-state index in [0.29, 0.717) is 17.0 Å². The SMILES string of the molecule is O=Cc1ccc(OCC(=O)OCC(=O)Nc2ccc(N3CCCC3)cc2)cc1. The molecule has 146 valence electrons. The summed E-state index contributed by atoms with van der Waals surface area (Å²) in [6, 6.07) is 13.9. The van der Waals surface area contributed by atoms with Crippen LogP contribution in [0.1, 0.15) is 23.2 Å². The number of esters is 1. The number of ether oxygens (including phenoxy) is 2. The molecule has 0 aromatic heterocycles. The second kappa shape index (κ2) is 9.55. The van der Waals surface area contributed by atoms with Gasteiger partial charge in [0, 0.05) is 30.0 Å². The molecule has 0 bridgehead atoms. The summed E-state index contributed by atoms with van der Waals surface area (Å²) in [6.07, 6.45) is 3.13. The van der Waals surface area contributed by atoms with E-state index in [2.05, 4.69) is 10.2 Å². The number of carbonyl (C=O) groups is 3. The Morgan fingerprint density at radius 3 is 2.29 bits per heavy atom. The molecule has 2 aromatic carbocycles. The summed E-state index contributed by atoms with van der Waals surface area (Å²) >= 11 is 0. The van der Waals surface area contributed by atoms with Crippen LogP contribution in [0.2, 0.25) is 0 Å². The van der Waals surface area contributed by atoms with Crippen molar-refractivity contribution in [3.05, 3.63) is 54.1 Å². The van der Waals surface area contributed by atoms with Crippen LogP contribution in [0.4, 0.5) is 11.4 Å². The summed E-state index contributed by atoms with van der Waals surface area (Å²) in [5.74, 6) is -0.637. The number of rotatable bonds is 8. The molecule has 7 heteroatoms. The number of benzene rings is 2. The highest BCUT2D eigenvalue weighted by Crippen LogP contribution is 2.22. The van der Waals surface area contributed by atoms with Crippen molar-refractivity contribution in [2.24, 2.45) is 0 Å². The van der Waals surface area contributed by atoms with Crippen LogP contribution in [0, 0.1) is 0 Å². The third kappa shape index (κ3) is 5.57. The van der Waals surface area contributed by atoms with E-state index in [9.17, 15) is 14.4 Å². The molecular weight excluding hydrogens is 360 g/mol. The molecule has 0 saturated carbocycles. The zero-order valence-corrected chi connectivity index (χ0v) is 15.4. The Morgan fingerprint density at radius 2 is 1.64 bits per heavy atom. The summed E-state index contributed by atoms with van der Waals surface area (Å²) in [6.45, 7) is 1.41. The molecule has 1 saturated heterocycles. The third-order valence-corrected chi connectivity index (χ3v) is 4.36. The lowest BCUT2D eigenvalue weighted by molar-refractivity contribution is -0.149. The van der Waals surface area contributed by atoms with Crippen molar-refractivity contribution in [2.75, 3.05) is 36.5 Å². The fourth-order valence-corrected chi connectivity index (χ4v) is 2.90. The van der Waals surface area contributed by atoms with Gasteiger partial charge in [0.25, 0.3) is 5.91 Å². The lowest BCUT2D eigenvalue weighted by Gasteiger charge is -2.17. The minimum atomic E-state index is -0.654. The molecule has 1 amide bonds. The molecule has 0 atom stereocenters. The molecular formula is C21H22N2O5. The van der Waals surface area contributed by atoms with Gasteiger partial charge in [0.2, 0.25) is 0 Å². The molecule has 0 unspecified atom stereocenters. The predicted molar refractivity (Wildman–Crippen MR) is 105 cm³/mol. The smallest absolute Gasteiger partial charge is 0.344 e. The Hall–Kier alpha value is -3.35. The summed E-state index contributed by atoms with van der Waals surface area (Å²) < 4.78 is 10.2. The monoisotopic (exact) mass is 382 g/mol. The molecule has 28 heavy (non-hydrogen) atoms. The summed E-state index contributed by atoms with van der Waals surface area (Å²) in [7, 11) is 0. The van der Waals surface area contributed by atoms with Gasteiger partial charge in [-0.25, -0.2) is 4.79 Å². The van der Waals surface area contributed by atoms with E-state index >= 15 is 0 Å². The van der Waals surface area contributed by atoms with Crippen LogP contribution in [0.5, 0.6) is 5.75 Å². The number of hydrogen-bond donors (Lipinski definition) is 1. The average molecular weight is 382 g/mol. The average Bonchev–Trinajstić information content (AvgIpc) is 3.26. The van der Waals surface area contributed by atoms with E-state index in [4.69, 9.17) is 9.47 Å². The molecule has 0 spiro atoms. The quantitative estimate of drug-likeness (QED) is 0.558. The number of carbonyl (C=O) groups excluding carboxylic acids is 3. The lowest BCUT2D eigenvalue weighted by Crippen LogP contribution is -2.23. The Labute approximate surface area is 163 Å². The lowest BCUT2D eigenvalue weighted by atomic mass is 10.2. The molecule has 1 N–H and O–H groups in total. The highest BCUT2D eigenvalue weighted by molar-refractivity contribution is 5.93. The van der Waals surface area contributed by atoms with E-state index in [1.807, 2.05) is 24.3 Å². The van der Waals surface area contributed by atoms with Gasteiger partial charge in [0.15, 0.2) is 13.2 Å². The molecule has 2 aromatic rings. The van der Waals surface area contributed by atoms with Crippen molar-refractivity contribution in [3.63, 3.8) is 0 Å². The van der Waals surface area contributed by atoms with Crippen molar-refractivity contribution >= 4 is 29.5 Å². The standard InChI is InChI=1S/C21H22N2O5/c24-13-16-3-9-19(10-4-16)27-15-21(26)28-14-20(25)22-17-5-7-18(8-6-17)23-11-1-2-12-23/h3-10,13H,1-2,11-12,14-15H2,(H,22,25). The Bertz CT molecular complexity index is 812. The highest BCUT2D eigenvalue weighted by Gasteiger charge is 2.13. The molecule has 1 aliphatic rings. The van der Waals surface area contributed by atoms with Crippen LogP contribution >= 0.6 is 0 Å². The van der Waals surface area contributed by atoms with Crippen molar-refractivity contribution in [1.82, 2.24) is 0 Å². The van der Waals surface area contributed by atoms with Crippen LogP contribution in [0.25, 0.3) is 0 Å². The highest BCUT2D eigenvalue weighted by atomic mass is 16.6. The number of anilines is 2. The first-order valence-corrected chi connectivity index (χ1v) is 9.12. The van der Waals surface area contributed by atoms with Crippen LogP contribution < -0.4 is 15.0 Å². The van der Waals surface area contributed by atoms with Crippen molar-refractivity contribution in [3.8, 4) is 5.75 Å². The molecule has 1 heterocycles. The Balaban J connectivity index is 1.38. The van der Waals surface area contributed by atoms with Gasteiger partial charge in [-0.1, -0.05) is 0 Å². The number of hydrogen-bond acceptors (Lipinski definition) is 6. The van der Waals surface area contributed by atoms with Gasteiger partial charge in [-0.05, 0) is 61.4 Å². The molecule has 0 radical (unpaired) electrons. The third-order valence-electron chi connectivity index (χ3n) is 4.36. The van der Waals surface area contributed by atoms with Gasteiger partial charge in [-0.2, -0.15) is 0 Å². The summed E-state index contributed by atoms with van der Waals surface area (Å²) in [5, 5.41) is 2.69. The maximum atomic E-state index is 11.9. The maximum absolute atomic E-state index is 11.9. The summed E-state index contributed by atoms with van der Waals surface area (Å²) in [5.41, 5.74) is 2.30. The van der Waals surface area contributed by atoms with Crippen molar-refractivity contribution in [2.45, 2.75) is 12.8 Å². The van der Waals surface area contributed by atoms with Crippen LogP contribution in [-0.2, 0) is 14.3 Å². The first-order valence-electron chi connectivity index (χ1n) is 9.12. The summed E-state index contributed by atoms with van der Waals surface area (Å²) in [4.78, 5) is 36.5. The Kier molecular flexibility index (Phi) is 6.62. The van der Waals surface area contributed by atoms with Gasteiger partial charge in [0.1, 0.15) is 12.0 Å². The van der Waals surface area contributed by atoms with Crippen molar-refractivity contribution in [1.29, 1.82) is 0 Å². The van der Waals surface area contributed by atoms with Crippen LogP contribution in [-0.4, -0.2) is 44.5 Å². The predicted octanol–water partition coefficient (Wildman–Crippen LogP) is 2.66. The van der Waals surface area contributed by atoms with Gasteiger partial charge < -0.3 is 19.7 Å². The van der Waals surface area contributed by atoms with Gasteiger partial charge >= 0.3 is 5.97 Å². The minimum Gasteiger partial charge on any atom is -0.482 e. The minimum absolute atomic E-state index is 0.321. The Morgan fingerprint density at radius 1 is 0.964 bits per heavy atom. The molecule has 0 aliphatic carbocycles. The molecule has 7 nitrogen and oxygen atoms in total. The van der Waals surface area contributed by atoms with E-state index in [0.717, 1.165) is 25.1 Å². The normalized spacial score (nSPS) is 13.1. The first-order chi connectivity index (χ1) is 13.6. The number of nitrogens with zero attached hydrogens (tertiary/aromatic N) is 1. The van der Waals surface area contributed by atoms with Gasteiger partial charge in [-0.15, -0.1) is 0 Å². The largest absolute Gasteiger partial charge is 0.482 e. The van der Waals surface area contributed by atoms with Crippen molar-refractivity contribution < 1.29 is 23.9 Å². The van der Waals surface area contributed by atoms with E-state index < -0.39 is 11.9 Å². The zero-order valence-electron chi connectivity index (χ0n) is 15.4. The number of nitrogens with one attached hydrogen (secondary N) is 1. The number of amides is 1. The van der Waals surface area contributed by atoms with Gasteiger partial charge in [-0.3, -0.25) is 9.59 Å². The van der Waals surface area contributed by atoms with E-state index in [1.54, 1.807) is 24.3 Å². The van der Waals surface area contributed by atoms with Crippen LogP contribution in [0.15, 0.2) is 48.5 Å². The fraction of sp³-hybridized carbons (Fsp3) is 0.286. The van der Waals surface area contributed by atoms with E-state index in [1.165, 1.54) is 12.8 Å². The maximum Gasteiger partial charge on any atom is 0.344 e. The van der Waals surface area contributed by atoms with E-state index in [-0.39, 0.29) is 13.2 Å². The zero-order chi connectivity index (χ0) is 19.8. The first kappa shape index (κ1) is 19.4. The molecule has 3 rings (SSSR count). The van der Waals surface area contributed by atoms with Gasteiger partial charge in [0.05, 0.1) is 0 Å².